The quantitative estimate of drug-likeness (QED) is 0.818. The number of rotatable bonds is 5. The van der Waals surface area contributed by atoms with Gasteiger partial charge in [-0.3, -0.25) is 0 Å². The first kappa shape index (κ1) is 15.8. The Morgan fingerprint density at radius 2 is 1.76 bits per heavy atom. The summed E-state index contributed by atoms with van der Waals surface area (Å²) in [7, 11) is 3.52. The molecule has 0 radical (unpaired) electrons. The second-order valence-corrected chi connectivity index (χ2v) is 6.04. The third-order valence-electron chi connectivity index (χ3n) is 4.24. The summed E-state index contributed by atoms with van der Waals surface area (Å²) < 4.78 is 0. The van der Waals surface area contributed by atoms with E-state index in [0.29, 0.717) is 12.6 Å². The highest BCUT2D eigenvalue weighted by Gasteiger charge is 2.21. The van der Waals surface area contributed by atoms with E-state index in [2.05, 4.69) is 41.0 Å². The molecule has 0 atom stereocenters. The lowest BCUT2D eigenvalue weighted by atomic mass is 9.82. The summed E-state index contributed by atoms with van der Waals surface area (Å²) in [5.74, 6) is 0.720. The minimum atomic E-state index is -0.0235. The van der Waals surface area contributed by atoms with Gasteiger partial charge in [-0.15, -0.1) is 0 Å². The second-order valence-electron chi connectivity index (χ2n) is 6.04. The van der Waals surface area contributed by atoms with Crippen LogP contribution < -0.4 is 10.6 Å². The topological polar surface area (TPSA) is 44.4 Å². The van der Waals surface area contributed by atoms with Crippen LogP contribution in [0.25, 0.3) is 0 Å². The summed E-state index contributed by atoms with van der Waals surface area (Å²) >= 11 is 0. The van der Waals surface area contributed by atoms with Crippen molar-refractivity contribution in [3.05, 3.63) is 35.9 Å². The van der Waals surface area contributed by atoms with Gasteiger partial charge in [-0.05, 0) is 37.2 Å². The van der Waals surface area contributed by atoms with Crippen molar-refractivity contribution in [2.75, 3.05) is 27.2 Å². The molecule has 1 fully saturated rings. The molecule has 1 aromatic carbocycles. The largest absolute Gasteiger partial charge is 0.337 e. The lowest BCUT2D eigenvalue weighted by molar-refractivity contribution is 0.217. The van der Waals surface area contributed by atoms with Crippen LogP contribution in [0.1, 0.15) is 37.2 Å². The molecule has 0 saturated heterocycles. The van der Waals surface area contributed by atoms with Crippen LogP contribution >= 0.6 is 0 Å². The Kier molecular flexibility index (Phi) is 6.05. The van der Waals surface area contributed by atoms with Crippen molar-refractivity contribution in [3.8, 4) is 0 Å². The average molecular weight is 289 g/mol. The molecule has 1 aromatic rings. The Morgan fingerprint density at radius 1 is 1.10 bits per heavy atom. The van der Waals surface area contributed by atoms with Gasteiger partial charge < -0.3 is 15.5 Å². The normalized spacial score (nSPS) is 21.8. The first-order valence-electron chi connectivity index (χ1n) is 7.90. The van der Waals surface area contributed by atoms with E-state index in [1.165, 1.54) is 31.2 Å². The number of hydrogen-bond donors (Lipinski definition) is 2. The smallest absolute Gasteiger partial charge is 0.316 e. The first-order valence-corrected chi connectivity index (χ1v) is 7.90. The minimum Gasteiger partial charge on any atom is -0.337 e. The van der Waals surface area contributed by atoms with Gasteiger partial charge >= 0.3 is 6.03 Å². The van der Waals surface area contributed by atoms with Crippen LogP contribution in [0.15, 0.2) is 30.3 Å². The van der Waals surface area contributed by atoms with Crippen LogP contribution in [0.5, 0.6) is 0 Å². The van der Waals surface area contributed by atoms with Crippen LogP contribution in [-0.2, 0) is 0 Å². The monoisotopic (exact) mass is 289 g/mol. The molecule has 1 aliphatic carbocycles. The molecule has 0 aromatic heterocycles. The van der Waals surface area contributed by atoms with Crippen molar-refractivity contribution in [3.63, 3.8) is 0 Å². The Bertz CT molecular complexity index is 425. The van der Waals surface area contributed by atoms with Crippen molar-refractivity contribution in [1.29, 1.82) is 0 Å². The van der Waals surface area contributed by atoms with E-state index in [1.807, 2.05) is 0 Å². The van der Waals surface area contributed by atoms with Gasteiger partial charge in [-0.1, -0.05) is 30.3 Å². The van der Waals surface area contributed by atoms with Crippen LogP contribution in [0, 0.1) is 0 Å². The Hall–Kier alpha value is -1.55. The number of nitrogens with zero attached hydrogens (tertiary/aromatic N) is 1. The zero-order valence-electron chi connectivity index (χ0n) is 13.1. The van der Waals surface area contributed by atoms with Gasteiger partial charge in [0, 0.05) is 33.2 Å². The predicted octanol–water partition coefficient (Wildman–Crippen LogP) is 2.57. The van der Waals surface area contributed by atoms with Crippen LogP contribution in [0.3, 0.4) is 0 Å². The summed E-state index contributed by atoms with van der Waals surface area (Å²) in [6.45, 7) is 1.54. The number of urea groups is 1. The van der Waals surface area contributed by atoms with Crippen LogP contribution in [-0.4, -0.2) is 44.2 Å². The minimum absolute atomic E-state index is 0.0235. The van der Waals surface area contributed by atoms with Gasteiger partial charge in [-0.2, -0.15) is 0 Å². The zero-order valence-corrected chi connectivity index (χ0v) is 13.1. The maximum atomic E-state index is 11.4. The van der Waals surface area contributed by atoms with Gasteiger partial charge in [0.2, 0.25) is 0 Å². The third-order valence-corrected chi connectivity index (χ3v) is 4.24. The first-order chi connectivity index (χ1) is 10.2. The number of hydrogen-bond acceptors (Lipinski definition) is 2. The number of benzene rings is 1. The molecule has 2 N–H and O–H groups in total. The lowest BCUT2D eigenvalue weighted by Gasteiger charge is -2.29. The third kappa shape index (κ3) is 5.05. The Morgan fingerprint density at radius 3 is 2.38 bits per heavy atom. The van der Waals surface area contributed by atoms with E-state index in [-0.39, 0.29) is 6.03 Å². The van der Waals surface area contributed by atoms with E-state index in [0.717, 1.165) is 12.5 Å². The van der Waals surface area contributed by atoms with Gasteiger partial charge in [0.15, 0.2) is 0 Å². The van der Waals surface area contributed by atoms with Crippen molar-refractivity contribution in [2.45, 2.75) is 37.6 Å². The molecule has 1 saturated carbocycles. The maximum Gasteiger partial charge on any atom is 0.316 e. The molecule has 0 unspecified atom stereocenters. The fourth-order valence-corrected chi connectivity index (χ4v) is 2.96. The van der Waals surface area contributed by atoms with E-state index < -0.39 is 0 Å². The van der Waals surface area contributed by atoms with Gasteiger partial charge in [-0.25, -0.2) is 4.79 Å². The number of amides is 2. The van der Waals surface area contributed by atoms with E-state index in [4.69, 9.17) is 0 Å². The summed E-state index contributed by atoms with van der Waals surface area (Å²) in [6.07, 6.45) is 4.96. The molecule has 0 spiro atoms. The van der Waals surface area contributed by atoms with Crippen LogP contribution in [0.2, 0.25) is 0 Å². The molecule has 2 rings (SSSR count). The number of carbonyl (C=O) groups is 1. The molecule has 0 aliphatic heterocycles. The van der Waals surface area contributed by atoms with Crippen molar-refractivity contribution in [1.82, 2.24) is 15.5 Å². The molecule has 1 aliphatic rings. The molecule has 4 nitrogen and oxygen atoms in total. The molecule has 2 amide bonds. The highest BCUT2D eigenvalue weighted by Crippen LogP contribution is 2.32. The average Bonchev–Trinajstić information content (AvgIpc) is 2.52. The van der Waals surface area contributed by atoms with Gasteiger partial charge in [0.25, 0.3) is 0 Å². The van der Waals surface area contributed by atoms with Crippen molar-refractivity contribution in [2.24, 2.45) is 0 Å². The molecule has 116 valence electrons. The summed E-state index contributed by atoms with van der Waals surface area (Å²) in [5, 5.41) is 6.44. The standard InChI is InChI=1S/C17H27N3O/c1-20(2)17(21)19-13-12-18-16-10-8-15(9-11-16)14-6-4-3-5-7-14/h3-7,15-16,18H,8-13H2,1-2H3,(H,19,21). The fraction of sp³-hybridized carbons (Fsp3) is 0.588. The van der Waals surface area contributed by atoms with Gasteiger partial charge in [0.05, 0.1) is 0 Å². The Labute approximate surface area is 127 Å². The highest BCUT2D eigenvalue weighted by molar-refractivity contribution is 5.73. The second kappa shape index (κ2) is 8.03. The van der Waals surface area contributed by atoms with E-state index >= 15 is 0 Å². The molecule has 21 heavy (non-hydrogen) atoms. The summed E-state index contributed by atoms with van der Waals surface area (Å²) in [5.41, 5.74) is 1.48. The molecular formula is C17H27N3O. The van der Waals surface area contributed by atoms with E-state index in [1.54, 1.807) is 19.0 Å². The molecular weight excluding hydrogens is 262 g/mol. The molecule has 0 bridgehead atoms. The lowest BCUT2D eigenvalue weighted by Crippen LogP contribution is -2.41. The Balaban J connectivity index is 1.62. The fourth-order valence-electron chi connectivity index (χ4n) is 2.96. The number of carbonyl (C=O) groups excluding carboxylic acids is 1. The SMILES string of the molecule is CN(C)C(=O)NCCNC1CCC(c2ccccc2)CC1. The zero-order chi connectivity index (χ0) is 15.1. The molecule has 4 heteroatoms. The highest BCUT2D eigenvalue weighted by atomic mass is 16.2. The predicted molar refractivity (Wildman–Crippen MR) is 86.5 cm³/mol. The number of nitrogens with one attached hydrogen (secondary N) is 2. The van der Waals surface area contributed by atoms with Crippen molar-refractivity contribution >= 4 is 6.03 Å². The van der Waals surface area contributed by atoms with Crippen LogP contribution in [0.4, 0.5) is 4.79 Å². The van der Waals surface area contributed by atoms with Crippen molar-refractivity contribution < 1.29 is 4.79 Å². The summed E-state index contributed by atoms with van der Waals surface area (Å²) in [4.78, 5) is 12.9. The van der Waals surface area contributed by atoms with E-state index in [9.17, 15) is 4.79 Å². The van der Waals surface area contributed by atoms with Gasteiger partial charge in [0.1, 0.15) is 0 Å². The summed E-state index contributed by atoms with van der Waals surface area (Å²) in [6, 6.07) is 11.4. The molecule has 0 heterocycles. The maximum absolute atomic E-state index is 11.4.